The van der Waals surface area contributed by atoms with Crippen molar-refractivity contribution in [3.8, 4) is 0 Å². The Bertz CT molecular complexity index is 1140. The molecular formula is C25H34ClFN4O4S. The molecule has 0 unspecified atom stereocenters. The van der Waals surface area contributed by atoms with Gasteiger partial charge in [0, 0.05) is 32.2 Å². The second-order valence-electron chi connectivity index (χ2n) is 8.95. The van der Waals surface area contributed by atoms with Crippen LogP contribution in [-0.4, -0.2) is 62.7 Å². The van der Waals surface area contributed by atoms with Gasteiger partial charge < -0.3 is 10.2 Å². The Hall–Kier alpha value is -2.69. The fourth-order valence-electron chi connectivity index (χ4n) is 3.48. The van der Waals surface area contributed by atoms with Crippen LogP contribution < -0.4 is 9.62 Å². The van der Waals surface area contributed by atoms with Gasteiger partial charge in [-0.15, -0.1) is 0 Å². The van der Waals surface area contributed by atoms with Crippen molar-refractivity contribution in [1.82, 2.24) is 14.5 Å². The molecule has 11 heteroatoms. The molecule has 2 aromatic rings. The van der Waals surface area contributed by atoms with E-state index >= 15 is 0 Å². The molecule has 0 saturated heterocycles. The zero-order valence-electron chi connectivity index (χ0n) is 21.2. The van der Waals surface area contributed by atoms with Gasteiger partial charge in [0.1, 0.15) is 18.4 Å². The molecule has 0 aliphatic carbocycles. The minimum Gasteiger partial charge on any atom is -0.354 e. The Kier molecular flexibility index (Phi) is 10.7. The number of carbonyl (C=O) groups excluding carboxylic acids is 2. The summed E-state index contributed by atoms with van der Waals surface area (Å²) in [6.45, 7) is 5.54. The van der Waals surface area contributed by atoms with E-state index in [0.717, 1.165) is 20.7 Å². The highest BCUT2D eigenvalue weighted by molar-refractivity contribution is 7.90. The van der Waals surface area contributed by atoms with Crippen molar-refractivity contribution in [3.05, 3.63) is 64.9 Å². The summed E-state index contributed by atoms with van der Waals surface area (Å²) >= 11 is 6.35. The van der Waals surface area contributed by atoms with Crippen LogP contribution in [0.4, 0.5) is 10.1 Å². The fraction of sp³-hybridized carbons (Fsp3) is 0.440. The van der Waals surface area contributed by atoms with Crippen molar-refractivity contribution in [2.24, 2.45) is 5.92 Å². The van der Waals surface area contributed by atoms with Crippen molar-refractivity contribution in [3.63, 3.8) is 0 Å². The van der Waals surface area contributed by atoms with Gasteiger partial charge in [-0.05, 0) is 48.2 Å². The van der Waals surface area contributed by atoms with Gasteiger partial charge >= 0.3 is 10.2 Å². The van der Waals surface area contributed by atoms with Gasteiger partial charge in [-0.2, -0.15) is 12.7 Å². The molecule has 0 aliphatic heterocycles. The average Bonchev–Trinajstić information content (AvgIpc) is 2.82. The Labute approximate surface area is 218 Å². The lowest BCUT2D eigenvalue weighted by Gasteiger charge is -2.34. The molecule has 0 bridgehead atoms. The monoisotopic (exact) mass is 540 g/mol. The van der Waals surface area contributed by atoms with Gasteiger partial charge in [-0.1, -0.05) is 50.6 Å². The van der Waals surface area contributed by atoms with Crippen LogP contribution in [0, 0.1) is 11.7 Å². The van der Waals surface area contributed by atoms with Crippen LogP contribution in [0.15, 0.2) is 48.5 Å². The fourth-order valence-corrected chi connectivity index (χ4v) is 4.73. The first-order valence-corrected chi connectivity index (χ1v) is 13.4. The molecule has 2 amide bonds. The minimum absolute atomic E-state index is 0.00534. The second kappa shape index (κ2) is 13.0. The lowest BCUT2D eigenvalue weighted by molar-refractivity contribution is -0.140. The number of halogens is 2. The molecule has 8 nitrogen and oxygen atoms in total. The highest BCUT2D eigenvalue weighted by Crippen LogP contribution is 2.23. The number of rotatable bonds is 12. The van der Waals surface area contributed by atoms with E-state index in [0.29, 0.717) is 23.6 Å². The first-order valence-electron chi connectivity index (χ1n) is 11.6. The average molecular weight is 541 g/mol. The lowest BCUT2D eigenvalue weighted by Crippen LogP contribution is -2.53. The van der Waals surface area contributed by atoms with Crippen LogP contribution >= 0.6 is 11.6 Å². The summed E-state index contributed by atoms with van der Waals surface area (Å²) in [6, 6.07) is 10.9. The Morgan fingerprint density at radius 2 is 1.67 bits per heavy atom. The van der Waals surface area contributed by atoms with Crippen LogP contribution in [-0.2, 0) is 26.3 Å². The summed E-state index contributed by atoms with van der Waals surface area (Å²) in [7, 11) is -1.44. The normalized spacial score (nSPS) is 12.5. The van der Waals surface area contributed by atoms with Crippen molar-refractivity contribution in [2.45, 2.75) is 39.8 Å². The van der Waals surface area contributed by atoms with E-state index in [4.69, 9.17) is 11.6 Å². The summed E-state index contributed by atoms with van der Waals surface area (Å²) in [5.41, 5.74) is 0.736. The molecule has 0 spiro atoms. The van der Waals surface area contributed by atoms with Crippen LogP contribution in [0.1, 0.15) is 32.8 Å². The van der Waals surface area contributed by atoms with Crippen molar-refractivity contribution in [2.75, 3.05) is 31.5 Å². The smallest absolute Gasteiger partial charge is 0.304 e. The summed E-state index contributed by atoms with van der Waals surface area (Å²) in [6.07, 6.45) is 0.303. The zero-order chi connectivity index (χ0) is 27.0. The van der Waals surface area contributed by atoms with E-state index in [1.807, 2.05) is 13.8 Å². The first-order chi connectivity index (χ1) is 16.9. The molecule has 198 valence electrons. The van der Waals surface area contributed by atoms with Crippen LogP contribution in [0.3, 0.4) is 0 Å². The quantitative estimate of drug-likeness (QED) is 0.445. The maximum absolute atomic E-state index is 13.7. The highest BCUT2D eigenvalue weighted by atomic mass is 35.5. The van der Waals surface area contributed by atoms with Gasteiger partial charge in [0.15, 0.2) is 0 Å². The number of nitrogens with one attached hydrogen (secondary N) is 1. The Balaban J connectivity index is 2.49. The maximum atomic E-state index is 13.7. The van der Waals surface area contributed by atoms with E-state index in [9.17, 15) is 22.4 Å². The molecule has 2 aromatic carbocycles. The molecule has 1 N–H and O–H groups in total. The molecule has 0 aliphatic rings. The molecule has 2 rings (SSSR count). The van der Waals surface area contributed by atoms with Crippen molar-refractivity contribution < 1.29 is 22.4 Å². The van der Waals surface area contributed by atoms with Crippen LogP contribution in [0.5, 0.6) is 0 Å². The molecule has 36 heavy (non-hydrogen) atoms. The summed E-state index contributed by atoms with van der Waals surface area (Å²) < 4.78 is 41.6. The molecule has 1 atom stereocenters. The number of anilines is 1. The van der Waals surface area contributed by atoms with Gasteiger partial charge in [0.05, 0.1) is 5.69 Å². The predicted molar refractivity (Wildman–Crippen MR) is 140 cm³/mol. The predicted octanol–water partition coefficient (Wildman–Crippen LogP) is 3.67. The van der Waals surface area contributed by atoms with E-state index in [-0.39, 0.29) is 24.1 Å². The number of amides is 2. The standard InChI is InChI=1S/C25H34ClFN4O4S/c1-6-23(25(33)28-15-18(2)3)30(16-19-9-7-8-10-22(19)26)24(32)17-31(36(34,35)29(4)5)21-13-11-20(27)12-14-21/h7-14,18,23H,6,15-17H2,1-5H3,(H,28,33)/t23-/m1/s1. The van der Waals surface area contributed by atoms with Gasteiger partial charge in [0.25, 0.3) is 0 Å². The summed E-state index contributed by atoms with van der Waals surface area (Å²) in [5, 5.41) is 3.28. The Morgan fingerprint density at radius 1 is 1.06 bits per heavy atom. The molecule has 0 heterocycles. The molecule has 0 saturated carbocycles. The van der Waals surface area contributed by atoms with Crippen LogP contribution in [0.25, 0.3) is 0 Å². The number of carbonyl (C=O) groups is 2. The van der Waals surface area contributed by atoms with Gasteiger partial charge in [-0.3, -0.25) is 9.59 Å². The number of hydrogen-bond donors (Lipinski definition) is 1. The SMILES string of the molecule is CC[C@H](C(=O)NCC(C)C)N(Cc1ccccc1Cl)C(=O)CN(c1ccc(F)cc1)S(=O)(=O)N(C)C. The zero-order valence-corrected chi connectivity index (χ0v) is 22.8. The number of nitrogens with zero attached hydrogens (tertiary/aromatic N) is 3. The first kappa shape index (κ1) is 29.5. The lowest BCUT2D eigenvalue weighted by atomic mass is 10.1. The van der Waals surface area contributed by atoms with Gasteiger partial charge in [0.2, 0.25) is 11.8 Å². The van der Waals surface area contributed by atoms with E-state index < -0.39 is 34.5 Å². The largest absolute Gasteiger partial charge is 0.354 e. The van der Waals surface area contributed by atoms with E-state index in [2.05, 4.69) is 5.32 Å². The number of benzene rings is 2. The Morgan fingerprint density at radius 3 is 2.19 bits per heavy atom. The third-order valence-electron chi connectivity index (χ3n) is 5.50. The van der Waals surface area contributed by atoms with Crippen molar-refractivity contribution >= 4 is 39.3 Å². The number of hydrogen-bond acceptors (Lipinski definition) is 4. The van der Waals surface area contributed by atoms with Crippen molar-refractivity contribution in [1.29, 1.82) is 0 Å². The molecule has 0 fully saturated rings. The molecule has 0 aromatic heterocycles. The topological polar surface area (TPSA) is 90.0 Å². The molecular weight excluding hydrogens is 507 g/mol. The third kappa shape index (κ3) is 7.65. The van der Waals surface area contributed by atoms with Gasteiger partial charge in [-0.25, -0.2) is 8.70 Å². The highest BCUT2D eigenvalue weighted by Gasteiger charge is 2.34. The van der Waals surface area contributed by atoms with E-state index in [1.165, 1.54) is 31.1 Å². The van der Waals surface area contributed by atoms with Crippen LogP contribution in [0.2, 0.25) is 5.02 Å². The summed E-state index contributed by atoms with van der Waals surface area (Å²) in [5.74, 6) is -1.27. The minimum atomic E-state index is -4.12. The second-order valence-corrected chi connectivity index (χ2v) is 11.4. The third-order valence-corrected chi connectivity index (χ3v) is 7.69. The molecule has 0 radical (unpaired) electrons. The van der Waals surface area contributed by atoms with E-state index in [1.54, 1.807) is 31.2 Å². The summed E-state index contributed by atoms with van der Waals surface area (Å²) in [4.78, 5) is 28.2. The maximum Gasteiger partial charge on any atom is 0.304 e.